The van der Waals surface area contributed by atoms with Crippen LogP contribution in [0.5, 0.6) is 5.75 Å². The number of ether oxygens (including phenoxy) is 1. The van der Waals surface area contributed by atoms with E-state index in [1.54, 1.807) is 7.11 Å². The predicted molar refractivity (Wildman–Crippen MR) is 106 cm³/mol. The second kappa shape index (κ2) is 8.68. The number of methoxy groups -OCH3 is 1. The first-order valence-corrected chi connectivity index (χ1v) is 9.14. The van der Waals surface area contributed by atoms with E-state index in [0.717, 1.165) is 24.2 Å². The van der Waals surface area contributed by atoms with E-state index in [9.17, 15) is 5.11 Å². The first-order chi connectivity index (χ1) is 13.1. The lowest BCUT2D eigenvalue weighted by Gasteiger charge is -2.17. The zero-order chi connectivity index (χ0) is 19.2. The molecule has 27 heavy (non-hydrogen) atoms. The van der Waals surface area contributed by atoms with Crippen molar-refractivity contribution in [2.24, 2.45) is 0 Å². The number of para-hydroxylation sites is 1. The molecule has 8 nitrogen and oxygen atoms in total. The number of fused-ring (bicyclic) bond motifs is 1. The molecule has 0 aliphatic heterocycles. The van der Waals surface area contributed by atoms with Crippen molar-refractivity contribution in [1.82, 2.24) is 19.7 Å². The van der Waals surface area contributed by atoms with Crippen molar-refractivity contribution in [1.29, 1.82) is 0 Å². The molecule has 0 amide bonds. The van der Waals surface area contributed by atoms with E-state index in [1.807, 2.05) is 35.1 Å². The smallest absolute Gasteiger partial charge is 0.222 e. The summed E-state index contributed by atoms with van der Waals surface area (Å²) in [4.78, 5) is 8.64. The molecule has 0 spiro atoms. The average molecular weight is 370 g/mol. The first-order valence-electron chi connectivity index (χ1n) is 9.14. The van der Waals surface area contributed by atoms with Gasteiger partial charge in [-0.15, -0.1) is 0 Å². The molecular weight excluding hydrogens is 344 g/mol. The molecule has 0 unspecified atom stereocenters. The third-order valence-electron chi connectivity index (χ3n) is 4.41. The van der Waals surface area contributed by atoms with Gasteiger partial charge in [-0.2, -0.15) is 10.1 Å². The van der Waals surface area contributed by atoms with Gasteiger partial charge in [0.05, 0.1) is 19.9 Å². The summed E-state index contributed by atoms with van der Waals surface area (Å²) in [7, 11) is 1.65. The van der Waals surface area contributed by atoms with Crippen LogP contribution in [0.25, 0.3) is 11.0 Å². The number of nitrogens with zero attached hydrogens (tertiary/aromatic N) is 4. The highest BCUT2D eigenvalue weighted by atomic mass is 16.5. The van der Waals surface area contributed by atoms with E-state index in [1.165, 1.54) is 0 Å². The standard InChI is InChI=1S/C19H26N6O2/c1-3-6-14(9-10-26)21-18-17-15(22-19(20)23-18)12-25(24-17)11-13-7-4-5-8-16(13)27-2/h4-5,7-8,12,14,26H,3,6,9-11H2,1-2H3,(H3,20,21,22,23)/t14-/m0/s1. The number of anilines is 2. The maximum atomic E-state index is 9.30. The normalized spacial score (nSPS) is 12.3. The van der Waals surface area contributed by atoms with Gasteiger partial charge in [0.15, 0.2) is 11.3 Å². The molecule has 0 aliphatic carbocycles. The average Bonchev–Trinajstić information content (AvgIpc) is 3.05. The van der Waals surface area contributed by atoms with Gasteiger partial charge in [0.2, 0.25) is 5.95 Å². The zero-order valence-corrected chi connectivity index (χ0v) is 15.7. The summed E-state index contributed by atoms with van der Waals surface area (Å²) < 4.78 is 7.22. The molecule has 0 bridgehead atoms. The number of aromatic nitrogens is 4. The van der Waals surface area contributed by atoms with Crippen molar-refractivity contribution in [3.63, 3.8) is 0 Å². The van der Waals surface area contributed by atoms with Gasteiger partial charge in [-0.3, -0.25) is 4.68 Å². The van der Waals surface area contributed by atoms with Crippen LogP contribution in [0.1, 0.15) is 31.7 Å². The monoisotopic (exact) mass is 370 g/mol. The van der Waals surface area contributed by atoms with Crippen molar-refractivity contribution >= 4 is 22.8 Å². The number of benzene rings is 1. The topological polar surface area (TPSA) is 111 Å². The predicted octanol–water partition coefficient (Wildman–Crippen LogP) is 2.43. The Kier molecular flexibility index (Phi) is 6.08. The van der Waals surface area contributed by atoms with Gasteiger partial charge in [0.1, 0.15) is 11.3 Å². The second-order valence-electron chi connectivity index (χ2n) is 6.45. The van der Waals surface area contributed by atoms with Gasteiger partial charge in [0, 0.05) is 18.2 Å². The quantitative estimate of drug-likeness (QED) is 0.530. The van der Waals surface area contributed by atoms with E-state index in [-0.39, 0.29) is 18.6 Å². The maximum absolute atomic E-state index is 9.30. The summed E-state index contributed by atoms with van der Waals surface area (Å²) in [6, 6.07) is 7.94. The Bertz CT molecular complexity index is 889. The van der Waals surface area contributed by atoms with Crippen LogP contribution < -0.4 is 15.8 Å². The van der Waals surface area contributed by atoms with Crippen LogP contribution in [0.4, 0.5) is 11.8 Å². The molecule has 0 saturated carbocycles. The van der Waals surface area contributed by atoms with Crippen LogP contribution in [-0.2, 0) is 6.54 Å². The Morgan fingerprint density at radius 3 is 2.81 bits per heavy atom. The lowest BCUT2D eigenvalue weighted by molar-refractivity contribution is 0.276. The van der Waals surface area contributed by atoms with Crippen molar-refractivity contribution in [3.8, 4) is 5.75 Å². The Labute approximate surface area is 158 Å². The van der Waals surface area contributed by atoms with Gasteiger partial charge in [0.25, 0.3) is 0 Å². The molecule has 4 N–H and O–H groups in total. The number of rotatable bonds is 9. The molecule has 0 aliphatic rings. The van der Waals surface area contributed by atoms with E-state index >= 15 is 0 Å². The molecule has 0 radical (unpaired) electrons. The van der Waals surface area contributed by atoms with Crippen molar-refractivity contribution < 1.29 is 9.84 Å². The number of nitrogen functional groups attached to an aromatic ring is 1. The summed E-state index contributed by atoms with van der Waals surface area (Å²) in [5.74, 6) is 1.61. The third kappa shape index (κ3) is 4.46. The second-order valence-corrected chi connectivity index (χ2v) is 6.45. The van der Waals surface area contributed by atoms with Gasteiger partial charge >= 0.3 is 0 Å². The molecule has 2 heterocycles. The van der Waals surface area contributed by atoms with Gasteiger partial charge < -0.3 is 20.9 Å². The highest BCUT2D eigenvalue weighted by Crippen LogP contribution is 2.24. The number of aliphatic hydroxyl groups is 1. The largest absolute Gasteiger partial charge is 0.496 e. The summed E-state index contributed by atoms with van der Waals surface area (Å²) in [6.07, 6.45) is 4.42. The minimum Gasteiger partial charge on any atom is -0.496 e. The minimum absolute atomic E-state index is 0.108. The summed E-state index contributed by atoms with van der Waals surface area (Å²) in [5.41, 5.74) is 8.25. The van der Waals surface area contributed by atoms with Crippen molar-refractivity contribution in [3.05, 3.63) is 36.0 Å². The Hall–Kier alpha value is -2.87. The Morgan fingerprint density at radius 2 is 2.07 bits per heavy atom. The lowest BCUT2D eigenvalue weighted by atomic mass is 10.1. The SMILES string of the molecule is CCC[C@@H](CCO)Nc1nc(N)nc2cn(Cc3ccccc3OC)nc12. The summed E-state index contributed by atoms with van der Waals surface area (Å²) >= 11 is 0. The van der Waals surface area contributed by atoms with Gasteiger partial charge in [-0.1, -0.05) is 31.5 Å². The van der Waals surface area contributed by atoms with Gasteiger partial charge in [-0.05, 0) is 18.9 Å². The number of aliphatic hydroxyl groups excluding tert-OH is 1. The Balaban J connectivity index is 1.92. The van der Waals surface area contributed by atoms with E-state index < -0.39 is 0 Å². The first kappa shape index (κ1) is 18.9. The minimum atomic E-state index is 0.108. The van der Waals surface area contributed by atoms with Crippen LogP contribution in [0.2, 0.25) is 0 Å². The number of hydrogen-bond donors (Lipinski definition) is 3. The molecule has 3 aromatic rings. The lowest BCUT2D eigenvalue weighted by Crippen LogP contribution is -2.22. The summed E-state index contributed by atoms with van der Waals surface area (Å²) in [5, 5.41) is 17.3. The fourth-order valence-corrected chi connectivity index (χ4v) is 3.15. The fraction of sp³-hybridized carbons (Fsp3) is 0.421. The molecular formula is C19H26N6O2. The highest BCUT2D eigenvalue weighted by Gasteiger charge is 2.15. The van der Waals surface area contributed by atoms with Crippen LogP contribution in [0.15, 0.2) is 30.5 Å². The molecule has 3 rings (SSSR count). The molecule has 1 aromatic carbocycles. The molecule has 0 fully saturated rings. The van der Waals surface area contributed by atoms with Crippen LogP contribution in [0.3, 0.4) is 0 Å². The molecule has 8 heteroatoms. The van der Waals surface area contributed by atoms with E-state index in [4.69, 9.17) is 10.5 Å². The van der Waals surface area contributed by atoms with Crippen molar-refractivity contribution in [2.75, 3.05) is 24.8 Å². The molecule has 2 aromatic heterocycles. The molecule has 0 saturated heterocycles. The fourth-order valence-electron chi connectivity index (χ4n) is 3.15. The van der Waals surface area contributed by atoms with Crippen molar-refractivity contribution in [2.45, 2.75) is 38.8 Å². The van der Waals surface area contributed by atoms with E-state index in [2.05, 4.69) is 27.3 Å². The molecule has 1 atom stereocenters. The number of nitrogens with one attached hydrogen (secondary N) is 1. The molecule has 144 valence electrons. The third-order valence-corrected chi connectivity index (χ3v) is 4.41. The van der Waals surface area contributed by atoms with Crippen LogP contribution in [0, 0.1) is 0 Å². The number of nitrogens with two attached hydrogens (primary N) is 1. The van der Waals surface area contributed by atoms with Crippen LogP contribution >= 0.6 is 0 Å². The van der Waals surface area contributed by atoms with Crippen LogP contribution in [-0.4, -0.2) is 44.6 Å². The Morgan fingerprint density at radius 1 is 1.26 bits per heavy atom. The number of hydrogen-bond acceptors (Lipinski definition) is 7. The highest BCUT2D eigenvalue weighted by molar-refractivity contribution is 5.85. The zero-order valence-electron chi connectivity index (χ0n) is 15.7. The van der Waals surface area contributed by atoms with E-state index in [0.29, 0.717) is 29.8 Å². The van der Waals surface area contributed by atoms with Gasteiger partial charge in [-0.25, -0.2) is 4.98 Å². The maximum Gasteiger partial charge on any atom is 0.222 e. The summed E-state index contributed by atoms with van der Waals surface area (Å²) in [6.45, 7) is 2.77.